The number of thioether (sulfide) groups is 1. The Morgan fingerprint density at radius 2 is 2.09 bits per heavy atom. The topological polar surface area (TPSA) is 9.23 Å². The van der Waals surface area contributed by atoms with Crippen LogP contribution >= 0.6 is 11.8 Å². The molecule has 2 rings (SSSR count). The van der Waals surface area contributed by atoms with Crippen molar-refractivity contribution >= 4 is 11.8 Å². The monoisotopic (exact) mass is 172 g/mol. The van der Waals surface area contributed by atoms with E-state index in [9.17, 15) is 0 Å². The van der Waals surface area contributed by atoms with Gasteiger partial charge in [-0.1, -0.05) is 19.4 Å². The summed E-state index contributed by atoms with van der Waals surface area (Å²) in [4.78, 5) is 1.53. The zero-order valence-corrected chi connectivity index (χ0v) is 8.17. The lowest BCUT2D eigenvalue weighted by Gasteiger charge is -2.12. The Morgan fingerprint density at radius 1 is 1.27 bits per heavy atom. The smallest absolute Gasteiger partial charge is 0.0775 e. The molecule has 0 amide bonds. The Hall–Kier alpha value is 0.0500. The van der Waals surface area contributed by atoms with Crippen molar-refractivity contribution in [2.45, 2.75) is 26.7 Å². The quantitative estimate of drug-likeness (QED) is 0.555. The van der Waals surface area contributed by atoms with Gasteiger partial charge in [0.1, 0.15) is 0 Å². The molecule has 0 saturated carbocycles. The van der Waals surface area contributed by atoms with Gasteiger partial charge in [0, 0.05) is 10.7 Å². The SMILES string of the molecule is C1CC2=C(CO1)SCC2.CC. The molecule has 0 bridgehead atoms. The minimum Gasteiger partial charge on any atom is -0.376 e. The van der Waals surface area contributed by atoms with Gasteiger partial charge in [0.05, 0.1) is 13.2 Å². The Bertz CT molecular complexity index is 136. The lowest BCUT2D eigenvalue weighted by Crippen LogP contribution is -2.05. The van der Waals surface area contributed by atoms with E-state index in [0.717, 1.165) is 13.2 Å². The van der Waals surface area contributed by atoms with Gasteiger partial charge in [-0.2, -0.15) is 0 Å². The molecule has 1 nitrogen and oxygen atoms in total. The van der Waals surface area contributed by atoms with Crippen molar-refractivity contribution < 1.29 is 4.74 Å². The Kier molecular flexibility index (Phi) is 4.02. The van der Waals surface area contributed by atoms with Gasteiger partial charge in [-0.25, -0.2) is 0 Å². The van der Waals surface area contributed by atoms with Crippen LogP contribution in [0.4, 0.5) is 0 Å². The zero-order chi connectivity index (χ0) is 8.10. The number of rotatable bonds is 0. The summed E-state index contributed by atoms with van der Waals surface area (Å²) in [5.74, 6) is 1.30. The molecule has 2 aliphatic rings. The third-order valence-electron chi connectivity index (χ3n) is 1.86. The van der Waals surface area contributed by atoms with E-state index in [4.69, 9.17) is 4.74 Å². The van der Waals surface area contributed by atoms with Gasteiger partial charge in [-0.05, 0) is 12.8 Å². The van der Waals surface area contributed by atoms with E-state index in [0.29, 0.717) is 0 Å². The van der Waals surface area contributed by atoms with Crippen LogP contribution in [-0.4, -0.2) is 19.0 Å². The first kappa shape index (κ1) is 9.14. The standard InChI is InChI=1S/C7H10OS.C2H6/c1-3-8-5-7-6(1)2-4-9-7;1-2/h1-5H2;1-2H3. The van der Waals surface area contributed by atoms with Gasteiger partial charge in [0.2, 0.25) is 0 Å². The maximum Gasteiger partial charge on any atom is 0.0775 e. The molecule has 0 aromatic rings. The van der Waals surface area contributed by atoms with Crippen LogP contribution in [0.15, 0.2) is 10.5 Å². The van der Waals surface area contributed by atoms with Gasteiger partial charge in [-0.3, -0.25) is 0 Å². The summed E-state index contributed by atoms with van der Waals surface area (Å²) >= 11 is 1.98. The van der Waals surface area contributed by atoms with Gasteiger partial charge in [0.25, 0.3) is 0 Å². The first-order chi connectivity index (χ1) is 5.47. The molecular weight excluding hydrogens is 156 g/mol. The van der Waals surface area contributed by atoms with E-state index in [1.807, 2.05) is 25.6 Å². The highest BCUT2D eigenvalue weighted by Crippen LogP contribution is 2.35. The van der Waals surface area contributed by atoms with E-state index in [1.165, 1.54) is 23.5 Å². The first-order valence-electron chi connectivity index (χ1n) is 4.38. The van der Waals surface area contributed by atoms with Crippen LogP contribution in [0.25, 0.3) is 0 Å². The summed E-state index contributed by atoms with van der Waals surface area (Å²) < 4.78 is 5.30. The van der Waals surface area contributed by atoms with Gasteiger partial charge in [0.15, 0.2) is 0 Å². The molecule has 0 fully saturated rings. The zero-order valence-electron chi connectivity index (χ0n) is 7.35. The number of ether oxygens (including phenoxy) is 1. The molecule has 2 heterocycles. The van der Waals surface area contributed by atoms with Crippen LogP contribution in [0, 0.1) is 0 Å². The van der Waals surface area contributed by atoms with Crippen LogP contribution in [0.2, 0.25) is 0 Å². The molecule has 0 spiro atoms. The molecule has 2 heteroatoms. The van der Waals surface area contributed by atoms with E-state index in [1.54, 1.807) is 5.57 Å². The van der Waals surface area contributed by atoms with Crippen molar-refractivity contribution in [3.05, 3.63) is 10.5 Å². The number of hydrogen-bond donors (Lipinski definition) is 0. The van der Waals surface area contributed by atoms with Gasteiger partial charge >= 0.3 is 0 Å². The molecule has 0 aliphatic carbocycles. The summed E-state index contributed by atoms with van der Waals surface area (Å²) in [7, 11) is 0. The molecule has 2 aliphatic heterocycles. The lowest BCUT2D eigenvalue weighted by molar-refractivity contribution is 0.152. The molecular formula is C9H16OS. The van der Waals surface area contributed by atoms with Crippen LogP contribution in [-0.2, 0) is 4.74 Å². The summed E-state index contributed by atoms with van der Waals surface area (Å²) in [6.45, 7) is 5.86. The highest BCUT2D eigenvalue weighted by atomic mass is 32.2. The van der Waals surface area contributed by atoms with E-state index in [2.05, 4.69) is 0 Å². The summed E-state index contributed by atoms with van der Waals surface area (Å²) in [6, 6.07) is 0. The van der Waals surface area contributed by atoms with Crippen molar-refractivity contribution in [1.82, 2.24) is 0 Å². The largest absolute Gasteiger partial charge is 0.376 e. The lowest BCUT2D eigenvalue weighted by atomic mass is 10.1. The predicted octanol–water partition coefficient (Wildman–Crippen LogP) is 2.82. The third kappa shape index (κ3) is 2.24. The minimum atomic E-state index is 0.903. The molecule has 0 atom stereocenters. The highest BCUT2D eigenvalue weighted by Gasteiger charge is 2.17. The second-order valence-electron chi connectivity index (χ2n) is 2.43. The van der Waals surface area contributed by atoms with E-state index >= 15 is 0 Å². The first-order valence-corrected chi connectivity index (χ1v) is 5.37. The third-order valence-corrected chi connectivity index (χ3v) is 3.02. The average molecular weight is 172 g/mol. The molecule has 64 valence electrons. The fourth-order valence-electron chi connectivity index (χ4n) is 1.31. The molecule has 0 unspecified atom stereocenters. The van der Waals surface area contributed by atoms with E-state index in [-0.39, 0.29) is 0 Å². The molecule has 0 N–H and O–H groups in total. The van der Waals surface area contributed by atoms with Crippen molar-refractivity contribution in [2.24, 2.45) is 0 Å². The van der Waals surface area contributed by atoms with Gasteiger partial charge in [-0.15, -0.1) is 11.8 Å². The van der Waals surface area contributed by atoms with E-state index < -0.39 is 0 Å². The molecule has 0 aromatic heterocycles. The second-order valence-corrected chi connectivity index (χ2v) is 3.62. The maximum atomic E-state index is 5.30. The predicted molar refractivity (Wildman–Crippen MR) is 50.9 cm³/mol. The minimum absolute atomic E-state index is 0.903. The maximum absolute atomic E-state index is 5.30. The molecule has 0 radical (unpaired) electrons. The summed E-state index contributed by atoms with van der Waals surface area (Å²) in [6.07, 6.45) is 2.52. The fraction of sp³-hybridized carbons (Fsp3) is 0.778. The van der Waals surface area contributed by atoms with Gasteiger partial charge < -0.3 is 4.74 Å². The van der Waals surface area contributed by atoms with Crippen LogP contribution < -0.4 is 0 Å². The van der Waals surface area contributed by atoms with Crippen LogP contribution in [0.3, 0.4) is 0 Å². The Balaban J connectivity index is 0.000000281. The fourth-order valence-corrected chi connectivity index (χ4v) is 2.48. The van der Waals surface area contributed by atoms with Crippen LogP contribution in [0.1, 0.15) is 26.7 Å². The van der Waals surface area contributed by atoms with Crippen molar-refractivity contribution in [3.8, 4) is 0 Å². The van der Waals surface area contributed by atoms with Crippen LogP contribution in [0.5, 0.6) is 0 Å². The molecule has 11 heavy (non-hydrogen) atoms. The summed E-state index contributed by atoms with van der Waals surface area (Å²) in [5.41, 5.74) is 1.67. The summed E-state index contributed by atoms with van der Waals surface area (Å²) in [5, 5.41) is 0. The Morgan fingerprint density at radius 3 is 2.82 bits per heavy atom. The molecule has 0 saturated heterocycles. The van der Waals surface area contributed by atoms with Crippen molar-refractivity contribution in [2.75, 3.05) is 19.0 Å². The normalized spacial score (nSPS) is 22.4. The number of hydrogen-bond acceptors (Lipinski definition) is 2. The second kappa shape index (κ2) is 4.83. The van der Waals surface area contributed by atoms with Crippen molar-refractivity contribution in [1.29, 1.82) is 0 Å². The average Bonchev–Trinajstić information content (AvgIpc) is 2.55. The Labute approximate surface area is 73.2 Å². The molecule has 0 aromatic carbocycles. The highest BCUT2D eigenvalue weighted by molar-refractivity contribution is 8.03. The van der Waals surface area contributed by atoms with Crippen molar-refractivity contribution in [3.63, 3.8) is 0 Å².